The molecule has 0 heterocycles. The quantitative estimate of drug-likeness (QED) is 0.754. The Hall–Kier alpha value is -1.31. The fourth-order valence-electron chi connectivity index (χ4n) is 2.87. The minimum absolute atomic E-state index is 0.110. The zero-order chi connectivity index (χ0) is 12.8. The van der Waals surface area contributed by atoms with Crippen LogP contribution >= 0.6 is 0 Å². The molecule has 2 nitrogen and oxygen atoms in total. The van der Waals surface area contributed by atoms with Crippen LogP contribution in [-0.4, -0.2) is 12.6 Å². The molecule has 0 unspecified atom stereocenters. The Balaban J connectivity index is 2.11. The fraction of sp³-hybridized carbons (Fsp3) is 0.562. The predicted octanol–water partition coefficient (Wildman–Crippen LogP) is 3.84. The summed E-state index contributed by atoms with van der Waals surface area (Å²) in [4.78, 5) is 11.6. The van der Waals surface area contributed by atoms with Crippen molar-refractivity contribution in [2.75, 3.05) is 6.61 Å². The molecule has 1 aliphatic carbocycles. The normalized spacial score (nSPS) is 16.5. The summed E-state index contributed by atoms with van der Waals surface area (Å²) >= 11 is 0. The number of ether oxygens (including phenoxy) is 1. The van der Waals surface area contributed by atoms with Crippen molar-refractivity contribution in [2.45, 2.75) is 51.4 Å². The molecule has 2 heteroatoms. The SMILES string of the molecule is CCOC(=O)Cc1ccccc1C1CCCCC1. The molecule has 1 aromatic rings. The Kier molecular flexibility index (Phi) is 4.80. The molecule has 1 saturated carbocycles. The van der Waals surface area contributed by atoms with Crippen molar-refractivity contribution < 1.29 is 9.53 Å². The van der Waals surface area contributed by atoms with E-state index in [2.05, 4.69) is 18.2 Å². The lowest BCUT2D eigenvalue weighted by Crippen LogP contribution is -2.12. The average Bonchev–Trinajstić information content (AvgIpc) is 2.40. The molecule has 18 heavy (non-hydrogen) atoms. The number of carbonyl (C=O) groups excluding carboxylic acids is 1. The van der Waals surface area contributed by atoms with Gasteiger partial charge in [-0.2, -0.15) is 0 Å². The molecule has 0 saturated heterocycles. The van der Waals surface area contributed by atoms with Crippen molar-refractivity contribution >= 4 is 5.97 Å². The third kappa shape index (κ3) is 3.34. The van der Waals surface area contributed by atoms with Crippen LogP contribution in [0.5, 0.6) is 0 Å². The van der Waals surface area contributed by atoms with E-state index < -0.39 is 0 Å². The Labute approximate surface area is 109 Å². The smallest absolute Gasteiger partial charge is 0.310 e. The molecule has 0 aliphatic heterocycles. The van der Waals surface area contributed by atoms with Gasteiger partial charge in [-0.3, -0.25) is 4.79 Å². The van der Waals surface area contributed by atoms with Gasteiger partial charge in [0.15, 0.2) is 0 Å². The molecular weight excluding hydrogens is 224 g/mol. The third-order valence-corrected chi connectivity index (χ3v) is 3.74. The highest BCUT2D eigenvalue weighted by atomic mass is 16.5. The van der Waals surface area contributed by atoms with E-state index in [1.54, 1.807) is 0 Å². The van der Waals surface area contributed by atoms with Crippen molar-refractivity contribution in [1.82, 2.24) is 0 Å². The molecule has 0 radical (unpaired) electrons. The van der Waals surface area contributed by atoms with Crippen molar-refractivity contribution in [1.29, 1.82) is 0 Å². The van der Waals surface area contributed by atoms with Crippen molar-refractivity contribution in [3.05, 3.63) is 35.4 Å². The van der Waals surface area contributed by atoms with E-state index in [4.69, 9.17) is 4.74 Å². The van der Waals surface area contributed by atoms with Crippen molar-refractivity contribution in [3.8, 4) is 0 Å². The second-order valence-electron chi connectivity index (χ2n) is 5.02. The van der Waals surface area contributed by atoms with Crippen LogP contribution in [-0.2, 0) is 16.0 Å². The fourth-order valence-corrected chi connectivity index (χ4v) is 2.87. The van der Waals surface area contributed by atoms with Crippen LogP contribution in [0.3, 0.4) is 0 Å². The molecular formula is C16H22O2. The zero-order valence-electron chi connectivity index (χ0n) is 11.2. The van der Waals surface area contributed by atoms with E-state index in [0.29, 0.717) is 18.9 Å². The maximum Gasteiger partial charge on any atom is 0.310 e. The highest BCUT2D eigenvalue weighted by Gasteiger charge is 2.19. The number of rotatable bonds is 4. The predicted molar refractivity (Wildman–Crippen MR) is 72.6 cm³/mol. The molecule has 1 fully saturated rings. The molecule has 0 atom stereocenters. The number of hydrogen-bond donors (Lipinski definition) is 0. The van der Waals surface area contributed by atoms with E-state index in [-0.39, 0.29) is 5.97 Å². The molecule has 2 rings (SSSR count). The summed E-state index contributed by atoms with van der Waals surface area (Å²) < 4.78 is 5.05. The molecule has 0 N–H and O–H groups in total. The van der Waals surface area contributed by atoms with E-state index in [1.807, 2.05) is 13.0 Å². The first-order valence-corrected chi connectivity index (χ1v) is 7.04. The Morgan fingerprint density at radius 2 is 1.94 bits per heavy atom. The monoisotopic (exact) mass is 246 g/mol. The van der Waals surface area contributed by atoms with Crippen LogP contribution in [0.4, 0.5) is 0 Å². The largest absolute Gasteiger partial charge is 0.466 e. The van der Waals surface area contributed by atoms with Crippen LogP contribution in [0.25, 0.3) is 0 Å². The lowest BCUT2D eigenvalue weighted by molar-refractivity contribution is -0.142. The second-order valence-corrected chi connectivity index (χ2v) is 5.02. The van der Waals surface area contributed by atoms with Crippen LogP contribution in [0, 0.1) is 0 Å². The minimum Gasteiger partial charge on any atom is -0.466 e. The topological polar surface area (TPSA) is 26.3 Å². The van der Waals surface area contributed by atoms with E-state index in [0.717, 1.165) is 5.56 Å². The lowest BCUT2D eigenvalue weighted by Gasteiger charge is -2.24. The Morgan fingerprint density at radius 1 is 1.22 bits per heavy atom. The molecule has 1 aliphatic rings. The number of esters is 1. The van der Waals surface area contributed by atoms with Crippen LogP contribution in [0.2, 0.25) is 0 Å². The van der Waals surface area contributed by atoms with Gasteiger partial charge in [-0.05, 0) is 36.8 Å². The highest BCUT2D eigenvalue weighted by molar-refractivity contribution is 5.73. The maximum atomic E-state index is 11.6. The molecule has 0 bridgehead atoms. The van der Waals surface area contributed by atoms with Gasteiger partial charge in [-0.15, -0.1) is 0 Å². The van der Waals surface area contributed by atoms with Crippen LogP contribution in [0.1, 0.15) is 56.1 Å². The summed E-state index contributed by atoms with van der Waals surface area (Å²) in [5.41, 5.74) is 2.52. The Bertz CT molecular complexity index is 392. The summed E-state index contributed by atoms with van der Waals surface area (Å²) in [5.74, 6) is 0.533. The van der Waals surface area contributed by atoms with Gasteiger partial charge in [0.25, 0.3) is 0 Å². The highest BCUT2D eigenvalue weighted by Crippen LogP contribution is 2.34. The molecule has 0 aromatic heterocycles. The standard InChI is InChI=1S/C16H22O2/c1-2-18-16(17)12-14-10-6-7-11-15(14)13-8-4-3-5-9-13/h6-7,10-11,13H,2-5,8-9,12H2,1H3. The summed E-state index contributed by atoms with van der Waals surface area (Å²) in [7, 11) is 0. The molecule has 1 aromatic carbocycles. The lowest BCUT2D eigenvalue weighted by atomic mass is 9.81. The average molecular weight is 246 g/mol. The summed E-state index contributed by atoms with van der Waals surface area (Å²) in [5, 5.41) is 0. The second kappa shape index (κ2) is 6.58. The Morgan fingerprint density at radius 3 is 2.67 bits per heavy atom. The number of benzene rings is 1. The summed E-state index contributed by atoms with van der Waals surface area (Å²) in [6, 6.07) is 8.35. The van der Waals surface area contributed by atoms with Gasteiger partial charge < -0.3 is 4.74 Å². The zero-order valence-corrected chi connectivity index (χ0v) is 11.2. The number of carbonyl (C=O) groups is 1. The van der Waals surface area contributed by atoms with Crippen molar-refractivity contribution in [2.24, 2.45) is 0 Å². The first-order valence-electron chi connectivity index (χ1n) is 7.04. The van der Waals surface area contributed by atoms with Gasteiger partial charge in [0, 0.05) is 0 Å². The first kappa shape index (κ1) is 13.1. The van der Waals surface area contributed by atoms with Crippen LogP contribution < -0.4 is 0 Å². The molecule has 98 valence electrons. The van der Waals surface area contributed by atoms with E-state index in [1.165, 1.54) is 37.7 Å². The van der Waals surface area contributed by atoms with Gasteiger partial charge in [0.05, 0.1) is 13.0 Å². The van der Waals surface area contributed by atoms with Crippen LogP contribution in [0.15, 0.2) is 24.3 Å². The summed E-state index contributed by atoms with van der Waals surface area (Å²) in [6.45, 7) is 2.31. The van der Waals surface area contributed by atoms with E-state index in [9.17, 15) is 4.79 Å². The first-order chi connectivity index (χ1) is 8.81. The van der Waals surface area contributed by atoms with E-state index >= 15 is 0 Å². The van der Waals surface area contributed by atoms with Gasteiger partial charge in [-0.25, -0.2) is 0 Å². The molecule has 0 spiro atoms. The van der Waals surface area contributed by atoms with Gasteiger partial charge in [0.1, 0.15) is 0 Å². The maximum absolute atomic E-state index is 11.6. The molecule has 0 amide bonds. The minimum atomic E-state index is -0.110. The summed E-state index contributed by atoms with van der Waals surface area (Å²) in [6.07, 6.45) is 6.94. The van der Waals surface area contributed by atoms with Gasteiger partial charge in [0.2, 0.25) is 0 Å². The van der Waals surface area contributed by atoms with Gasteiger partial charge in [-0.1, -0.05) is 43.5 Å². The third-order valence-electron chi connectivity index (χ3n) is 3.74. The van der Waals surface area contributed by atoms with Crippen molar-refractivity contribution in [3.63, 3.8) is 0 Å². The van der Waals surface area contributed by atoms with Gasteiger partial charge >= 0.3 is 5.97 Å². The number of hydrogen-bond acceptors (Lipinski definition) is 2.